The number of carbonyl (C=O) groups excluding carboxylic acids is 1. The minimum Gasteiger partial charge on any atom is -0.279 e. The Balaban J connectivity index is 2.62. The number of halogens is 4. The minimum absolute atomic E-state index is 0.0432. The van der Waals surface area contributed by atoms with E-state index < -0.39 is 27.1 Å². The normalized spacial score (nSPS) is 12.7. The first kappa shape index (κ1) is 19.0. The molecule has 128 valence electrons. The standard InChI is InChI=1S/C15H11Cl3FNO3S/c1-9(15(18)21)20(11-4-2-10(19)3-5-11)24(22,23)12-6-7-13(16)14(17)8-12/h2-9H,1H3. The second-order valence-electron chi connectivity index (χ2n) is 4.83. The Bertz CT molecular complexity index is 872. The number of anilines is 1. The van der Waals surface area contributed by atoms with Crippen molar-refractivity contribution in [2.45, 2.75) is 17.9 Å². The lowest BCUT2D eigenvalue weighted by Gasteiger charge is -2.28. The van der Waals surface area contributed by atoms with Crippen LogP contribution in [0.3, 0.4) is 0 Å². The molecular formula is C15H11Cl3FNO3S. The Morgan fingerprint density at radius 3 is 2.17 bits per heavy atom. The van der Waals surface area contributed by atoms with Crippen LogP contribution in [0.25, 0.3) is 0 Å². The largest absolute Gasteiger partial charge is 0.279 e. The first-order valence-corrected chi connectivity index (χ1v) is 9.16. The molecule has 0 spiro atoms. The van der Waals surface area contributed by atoms with E-state index in [-0.39, 0.29) is 20.6 Å². The highest BCUT2D eigenvalue weighted by Crippen LogP contribution is 2.31. The molecule has 2 aromatic carbocycles. The topological polar surface area (TPSA) is 54.5 Å². The molecule has 0 saturated heterocycles. The highest BCUT2D eigenvalue weighted by molar-refractivity contribution is 7.93. The fourth-order valence-electron chi connectivity index (χ4n) is 2.00. The van der Waals surface area contributed by atoms with Crippen molar-refractivity contribution in [3.63, 3.8) is 0 Å². The molecule has 0 fully saturated rings. The first-order valence-electron chi connectivity index (χ1n) is 6.59. The molecule has 2 rings (SSSR count). The van der Waals surface area contributed by atoms with Gasteiger partial charge in [0, 0.05) is 0 Å². The third-order valence-corrected chi connectivity index (χ3v) is 6.16. The van der Waals surface area contributed by atoms with Crippen LogP contribution in [-0.2, 0) is 14.8 Å². The second kappa shape index (κ2) is 7.27. The molecule has 0 amide bonds. The Morgan fingerprint density at radius 1 is 1.08 bits per heavy atom. The van der Waals surface area contributed by atoms with Gasteiger partial charge in [-0.15, -0.1) is 0 Å². The molecule has 0 N–H and O–H groups in total. The molecule has 1 unspecified atom stereocenters. The first-order chi connectivity index (χ1) is 11.1. The summed E-state index contributed by atoms with van der Waals surface area (Å²) in [6.07, 6.45) is 0. The monoisotopic (exact) mass is 409 g/mol. The Labute approximate surface area is 153 Å². The van der Waals surface area contributed by atoms with Gasteiger partial charge in [-0.1, -0.05) is 23.2 Å². The molecule has 0 radical (unpaired) electrons. The average Bonchev–Trinajstić information content (AvgIpc) is 2.51. The quantitative estimate of drug-likeness (QED) is 0.683. The lowest BCUT2D eigenvalue weighted by Crippen LogP contribution is -2.42. The fourth-order valence-corrected chi connectivity index (χ4v) is 4.17. The number of hydrogen-bond donors (Lipinski definition) is 0. The number of nitrogens with zero attached hydrogens (tertiary/aromatic N) is 1. The predicted octanol–water partition coefficient (Wildman–Crippen LogP) is 4.48. The van der Waals surface area contributed by atoms with Gasteiger partial charge in [0.25, 0.3) is 10.0 Å². The minimum atomic E-state index is -4.19. The van der Waals surface area contributed by atoms with Crippen molar-refractivity contribution in [2.24, 2.45) is 0 Å². The van der Waals surface area contributed by atoms with Crippen LogP contribution in [0.4, 0.5) is 10.1 Å². The van der Waals surface area contributed by atoms with Gasteiger partial charge in [0.1, 0.15) is 11.9 Å². The molecule has 0 aliphatic heterocycles. The van der Waals surface area contributed by atoms with Crippen molar-refractivity contribution >= 4 is 55.8 Å². The highest BCUT2D eigenvalue weighted by atomic mass is 35.5. The van der Waals surface area contributed by atoms with E-state index in [2.05, 4.69) is 0 Å². The van der Waals surface area contributed by atoms with Crippen LogP contribution in [-0.4, -0.2) is 19.7 Å². The van der Waals surface area contributed by atoms with E-state index in [1.165, 1.54) is 37.3 Å². The molecule has 24 heavy (non-hydrogen) atoms. The number of benzene rings is 2. The van der Waals surface area contributed by atoms with Crippen LogP contribution in [0.2, 0.25) is 10.0 Å². The zero-order valence-corrected chi connectivity index (χ0v) is 15.3. The van der Waals surface area contributed by atoms with Crippen LogP contribution in [0.15, 0.2) is 47.4 Å². The molecule has 0 aromatic heterocycles. The molecule has 2 aromatic rings. The van der Waals surface area contributed by atoms with Crippen molar-refractivity contribution in [1.29, 1.82) is 0 Å². The van der Waals surface area contributed by atoms with Crippen molar-refractivity contribution < 1.29 is 17.6 Å². The third kappa shape index (κ3) is 3.83. The molecular weight excluding hydrogens is 400 g/mol. The molecule has 4 nitrogen and oxygen atoms in total. The van der Waals surface area contributed by atoms with Gasteiger partial charge in [0.2, 0.25) is 5.24 Å². The van der Waals surface area contributed by atoms with Crippen LogP contribution in [0.1, 0.15) is 6.92 Å². The van der Waals surface area contributed by atoms with Crippen molar-refractivity contribution in [3.05, 3.63) is 58.3 Å². The van der Waals surface area contributed by atoms with Gasteiger partial charge < -0.3 is 0 Å². The van der Waals surface area contributed by atoms with Gasteiger partial charge in [-0.05, 0) is 61.0 Å². The lowest BCUT2D eigenvalue weighted by molar-refractivity contribution is -0.112. The van der Waals surface area contributed by atoms with Gasteiger partial charge >= 0.3 is 0 Å². The van der Waals surface area contributed by atoms with Gasteiger partial charge in [-0.3, -0.25) is 9.10 Å². The van der Waals surface area contributed by atoms with E-state index in [4.69, 9.17) is 34.8 Å². The molecule has 0 aliphatic rings. The maximum absolute atomic E-state index is 13.1. The Kier molecular flexibility index (Phi) is 5.75. The van der Waals surface area contributed by atoms with Crippen LogP contribution in [0.5, 0.6) is 0 Å². The van der Waals surface area contributed by atoms with Crippen molar-refractivity contribution in [2.75, 3.05) is 4.31 Å². The summed E-state index contributed by atoms with van der Waals surface area (Å²) < 4.78 is 39.8. The zero-order chi connectivity index (χ0) is 18.1. The molecule has 9 heteroatoms. The van der Waals surface area contributed by atoms with Crippen molar-refractivity contribution in [1.82, 2.24) is 0 Å². The van der Waals surface area contributed by atoms with Gasteiger partial charge in [-0.2, -0.15) is 0 Å². The summed E-state index contributed by atoms with van der Waals surface area (Å²) in [4.78, 5) is 11.4. The van der Waals surface area contributed by atoms with E-state index in [0.29, 0.717) is 0 Å². The summed E-state index contributed by atoms with van der Waals surface area (Å²) >= 11 is 17.2. The number of carbonyl (C=O) groups is 1. The summed E-state index contributed by atoms with van der Waals surface area (Å²) in [5, 5.41) is -0.657. The average molecular weight is 411 g/mol. The zero-order valence-electron chi connectivity index (χ0n) is 12.2. The van der Waals surface area contributed by atoms with Crippen LogP contribution in [0, 0.1) is 5.82 Å². The van der Waals surface area contributed by atoms with E-state index in [1.54, 1.807) is 0 Å². The Hall–Kier alpha value is -1.34. The van der Waals surface area contributed by atoms with E-state index in [9.17, 15) is 17.6 Å². The van der Waals surface area contributed by atoms with E-state index >= 15 is 0 Å². The summed E-state index contributed by atoms with van der Waals surface area (Å²) in [5.74, 6) is -0.546. The van der Waals surface area contributed by atoms with Crippen LogP contribution >= 0.6 is 34.8 Å². The van der Waals surface area contributed by atoms with E-state index in [1.807, 2.05) is 0 Å². The van der Waals surface area contributed by atoms with Gasteiger partial charge in [0.15, 0.2) is 0 Å². The van der Waals surface area contributed by atoms with Gasteiger partial charge in [-0.25, -0.2) is 12.8 Å². The third-order valence-electron chi connectivity index (χ3n) is 3.21. The predicted molar refractivity (Wildman–Crippen MR) is 92.8 cm³/mol. The van der Waals surface area contributed by atoms with Crippen molar-refractivity contribution in [3.8, 4) is 0 Å². The number of hydrogen-bond acceptors (Lipinski definition) is 3. The molecule has 0 aliphatic carbocycles. The number of sulfonamides is 1. The lowest BCUT2D eigenvalue weighted by atomic mass is 10.3. The Morgan fingerprint density at radius 2 is 1.67 bits per heavy atom. The SMILES string of the molecule is CC(C(=O)Cl)N(c1ccc(F)cc1)S(=O)(=O)c1ccc(Cl)c(Cl)c1. The maximum atomic E-state index is 13.1. The fraction of sp³-hybridized carbons (Fsp3) is 0.133. The summed E-state index contributed by atoms with van der Waals surface area (Å²) in [6, 6.07) is 7.17. The maximum Gasteiger partial charge on any atom is 0.265 e. The van der Waals surface area contributed by atoms with Crippen LogP contribution < -0.4 is 4.31 Å². The molecule has 0 saturated carbocycles. The summed E-state index contributed by atoms with van der Waals surface area (Å²) in [6.45, 7) is 1.33. The summed E-state index contributed by atoms with van der Waals surface area (Å²) in [7, 11) is -4.19. The smallest absolute Gasteiger partial charge is 0.265 e. The van der Waals surface area contributed by atoms with E-state index in [0.717, 1.165) is 16.4 Å². The molecule has 1 atom stereocenters. The second-order valence-corrected chi connectivity index (χ2v) is 7.84. The number of rotatable bonds is 5. The highest BCUT2D eigenvalue weighted by Gasteiger charge is 2.33. The molecule has 0 heterocycles. The molecule has 0 bridgehead atoms. The van der Waals surface area contributed by atoms with Gasteiger partial charge in [0.05, 0.1) is 20.6 Å². The summed E-state index contributed by atoms with van der Waals surface area (Å²) in [5.41, 5.74) is 0.0870.